The van der Waals surface area contributed by atoms with E-state index in [1.807, 2.05) is 6.92 Å². The molecule has 1 aliphatic rings. The van der Waals surface area contributed by atoms with Crippen LogP contribution in [0.25, 0.3) is 0 Å². The molecule has 1 aliphatic heterocycles. The molecule has 2 nitrogen and oxygen atoms in total. The number of nitrogens with zero attached hydrogens (tertiary/aromatic N) is 2. The zero-order valence-electron chi connectivity index (χ0n) is 9.88. The first-order valence-corrected chi connectivity index (χ1v) is 6.61. The van der Waals surface area contributed by atoms with E-state index in [0.717, 1.165) is 24.6 Å². The highest BCUT2D eigenvalue weighted by Gasteiger charge is 2.11. The van der Waals surface area contributed by atoms with Gasteiger partial charge in [0, 0.05) is 24.7 Å². The van der Waals surface area contributed by atoms with E-state index in [9.17, 15) is 0 Å². The van der Waals surface area contributed by atoms with Gasteiger partial charge in [-0.2, -0.15) is 0 Å². The first kappa shape index (κ1) is 11.7. The van der Waals surface area contributed by atoms with Gasteiger partial charge in [0.2, 0.25) is 0 Å². The Kier molecular flexibility index (Phi) is 4.05. The lowest BCUT2D eigenvalue weighted by Gasteiger charge is -2.22. The van der Waals surface area contributed by atoms with Crippen molar-refractivity contribution < 1.29 is 0 Å². The normalized spacial score (nSPS) is 17.2. The lowest BCUT2D eigenvalue weighted by molar-refractivity contribution is 0.726. The number of hydrogen-bond acceptors (Lipinski definition) is 2. The van der Waals surface area contributed by atoms with Gasteiger partial charge in [0.15, 0.2) is 0 Å². The van der Waals surface area contributed by atoms with Crippen LogP contribution in [0.3, 0.4) is 0 Å². The summed E-state index contributed by atoms with van der Waals surface area (Å²) < 4.78 is 0. The Morgan fingerprint density at radius 2 is 1.88 bits per heavy atom. The first-order chi connectivity index (χ1) is 7.79. The number of hydrogen-bond donors (Lipinski definition) is 0. The summed E-state index contributed by atoms with van der Waals surface area (Å²) in [5, 5.41) is 0. The zero-order valence-corrected chi connectivity index (χ0v) is 10.6. The third-order valence-electron chi connectivity index (χ3n) is 3.08. The molecule has 88 valence electrons. The van der Waals surface area contributed by atoms with Crippen LogP contribution < -0.4 is 4.90 Å². The van der Waals surface area contributed by atoms with Crippen LogP contribution in [0.1, 0.15) is 36.9 Å². The monoisotopic (exact) mass is 238 g/mol. The second-order valence-corrected chi connectivity index (χ2v) is 4.78. The maximum Gasteiger partial charge on any atom is 0.129 e. The fraction of sp³-hybridized carbons (Fsp3) is 0.615. The van der Waals surface area contributed by atoms with Crippen LogP contribution in [0.2, 0.25) is 0 Å². The fourth-order valence-corrected chi connectivity index (χ4v) is 2.41. The maximum atomic E-state index is 5.90. The molecule has 0 unspecified atom stereocenters. The summed E-state index contributed by atoms with van der Waals surface area (Å²) >= 11 is 5.90. The van der Waals surface area contributed by atoms with Gasteiger partial charge in [0.1, 0.15) is 5.82 Å². The molecule has 0 N–H and O–H groups in total. The predicted molar refractivity (Wildman–Crippen MR) is 69.2 cm³/mol. The van der Waals surface area contributed by atoms with E-state index >= 15 is 0 Å². The average molecular weight is 239 g/mol. The van der Waals surface area contributed by atoms with Gasteiger partial charge in [-0.1, -0.05) is 12.8 Å². The second kappa shape index (κ2) is 5.53. The Hall–Kier alpha value is -0.760. The molecule has 0 amide bonds. The van der Waals surface area contributed by atoms with Crippen LogP contribution in [0.5, 0.6) is 0 Å². The highest BCUT2D eigenvalue weighted by atomic mass is 35.5. The van der Waals surface area contributed by atoms with Gasteiger partial charge in [-0.25, -0.2) is 4.98 Å². The van der Waals surface area contributed by atoms with Crippen LogP contribution in [-0.2, 0) is 5.88 Å². The van der Waals surface area contributed by atoms with Gasteiger partial charge in [-0.05, 0) is 37.5 Å². The van der Waals surface area contributed by atoms with Gasteiger partial charge < -0.3 is 4.90 Å². The number of rotatable bonds is 2. The number of anilines is 1. The summed E-state index contributed by atoms with van der Waals surface area (Å²) in [6, 6.07) is 4.19. The number of pyridine rings is 1. The van der Waals surface area contributed by atoms with Gasteiger partial charge in [0.25, 0.3) is 0 Å². The molecule has 2 heterocycles. The third-order valence-corrected chi connectivity index (χ3v) is 3.39. The standard InChI is InChI=1S/C13H19ClN2/c1-11-8-12(10-14)9-13(15-11)16-6-4-2-3-5-7-16/h8-9H,2-7,10H2,1H3. The molecule has 0 spiro atoms. The Morgan fingerprint density at radius 1 is 1.19 bits per heavy atom. The minimum absolute atomic E-state index is 0.574. The molecular formula is C13H19ClN2. The topological polar surface area (TPSA) is 16.1 Å². The molecular weight excluding hydrogens is 220 g/mol. The number of halogens is 1. The minimum Gasteiger partial charge on any atom is -0.357 e. The van der Waals surface area contributed by atoms with Crippen molar-refractivity contribution >= 4 is 17.4 Å². The molecule has 1 aromatic rings. The highest BCUT2D eigenvalue weighted by Crippen LogP contribution is 2.20. The van der Waals surface area contributed by atoms with Crippen molar-refractivity contribution in [3.8, 4) is 0 Å². The van der Waals surface area contributed by atoms with Crippen molar-refractivity contribution in [2.45, 2.75) is 38.5 Å². The quantitative estimate of drug-likeness (QED) is 0.733. The molecule has 0 bridgehead atoms. The summed E-state index contributed by atoms with van der Waals surface area (Å²) in [5.74, 6) is 1.68. The van der Waals surface area contributed by atoms with E-state index in [4.69, 9.17) is 11.6 Å². The lowest BCUT2D eigenvalue weighted by atomic mass is 10.2. The summed E-state index contributed by atoms with van der Waals surface area (Å²) in [7, 11) is 0. The van der Waals surface area contributed by atoms with Crippen LogP contribution in [0, 0.1) is 6.92 Å². The average Bonchev–Trinajstić information content (AvgIpc) is 2.56. The molecule has 0 aliphatic carbocycles. The van der Waals surface area contributed by atoms with E-state index in [-0.39, 0.29) is 0 Å². The van der Waals surface area contributed by atoms with Gasteiger partial charge in [0.05, 0.1) is 0 Å². The molecule has 0 aromatic carbocycles. The van der Waals surface area contributed by atoms with Crippen molar-refractivity contribution in [2.24, 2.45) is 0 Å². The fourth-order valence-electron chi connectivity index (χ4n) is 2.26. The smallest absolute Gasteiger partial charge is 0.129 e. The second-order valence-electron chi connectivity index (χ2n) is 4.51. The predicted octanol–water partition coefficient (Wildman–Crippen LogP) is 3.51. The van der Waals surface area contributed by atoms with Crippen molar-refractivity contribution in [2.75, 3.05) is 18.0 Å². The van der Waals surface area contributed by atoms with E-state index in [1.54, 1.807) is 0 Å². The molecule has 1 aromatic heterocycles. The van der Waals surface area contributed by atoms with Gasteiger partial charge >= 0.3 is 0 Å². The molecule has 0 atom stereocenters. The van der Waals surface area contributed by atoms with Crippen molar-refractivity contribution in [1.82, 2.24) is 4.98 Å². The van der Waals surface area contributed by atoms with Gasteiger partial charge in [-0.3, -0.25) is 0 Å². The molecule has 1 fully saturated rings. The van der Waals surface area contributed by atoms with Gasteiger partial charge in [-0.15, -0.1) is 11.6 Å². The first-order valence-electron chi connectivity index (χ1n) is 6.08. The van der Waals surface area contributed by atoms with E-state index in [1.165, 1.54) is 31.2 Å². The van der Waals surface area contributed by atoms with E-state index in [0.29, 0.717) is 5.88 Å². The lowest BCUT2D eigenvalue weighted by Crippen LogP contribution is -2.25. The Balaban J connectivity index is 2.20. The SMILES string of the molecule is Cc1cc(CCl)cc(N2CCCCCC2)n1. The third kappa shape index (κ3) is 2.88. The molecule has 0 saturated carbocycles. The maximum absolute atomic E-state index is 5.90. The Morgan fingerprint density at radius 3 is 2.50 bits per heavy atom. The summed E-state index contributed by atoms with van der Waals surface area (Å²) in [6.07, 6.45) is 5.27. The number of aryl methyl sites for hydroxylation is 1. The van der Waals surface area contributed by atoms with Crippen LogP contribution >= 0.6 is 11.6 Å². The largest absolute Gasteiger partial charge is 0.357 e. The van der Waals surface area contributed by atoms with Crippen LogP contribution in [-0.4, -0.2) is 18.1 Å². The Bertz CT molecular complexity index is 344. The molecule has 3 heteroatoms. The van der Waals surface area contributed by atoms with E-state index < -0.39 is 0 Å². The summed E-state index contributed by atoms with van der Waals surface area (Å²) in [4.78, 5) is 7.01. The highest BCUT2D eigenvalue weighted by molar-refractivity contribution is 6.17. The van der Waals surface area contributed by atoms with Crippen molar-refractivity contribution in [3.63, 3.8) is 0 Å². The van der Waals surface area contributed by atoms with Crippen LogP contribution in [0.4, 0.5) is 5.82 Å². The molecule has 16 heavy (non-hydrogen) atoms. The van der Waals surface area contributed by atoms with Crippen LogP contribution in [0.15, 0.2) is 12.1 Å². The molecule has 1 saturated heterocycles. The summed E-state index contributed by atoms with van der Waals surface area (Å²) in [6.45, 7) is 4.31. The number of alkyl halides is 1. The zero-order chi connectivity index (χ0) is 11.4. The minimum atomic E-state index is 0.574. The van der Waals surface area contributed by atoms with E-state index in [2.05, 4.69) is 22.0 Å². The molecule has 0 radical (unpaired) electrons. The van der Waals surface area contributed by atoms with Crippen molar-refractivity contribution in [3.05, 3.63) is 23.4 Å². The molecule has 2 rings (SSSR count). The number of aromatic nitrogens is 1. The Labute approximate surface area is 103 Å². The summed E-state index contributed by atoms with van der Waals surface area (Å²) in [5.41, 5.74) is 2.24. The van der Waals surface area contributed by atoms with Crippen molar-refractivity contribution in [1.29, 1.82) is 0 Å².